The summed E-state index contributed by atoms with van der Waals surface area (Å²) in [6.45, 7) is 4.17. The minimum Gasteiger partial charge on any atom is -0.480 e. The Balaban J connectivity index is 1.57. The van der Waals surface area contributed by atoms with Gasteiger partial charge in [0, 0.05) is 37.6 Å². The molecular formula is C33H46N2O6S2. The molecule has 3 atom stereocenters. The maximum atomic E-state index is 13.5. The summed E-state index contributed by atoms with van der Waals surface area (Å²) < 4.78 is 31.3. The molecule has 1 aliphatic carbocycles. The van der Waals surface area contributed by atoms with E-state index >= 15 is 0 Å². The number of likely N-dealkylation sites (tertiary alicyclic amines) is 1. The molecule has 8 nitrogen and oxygen atoms in total. The van der Waals surface area contributed by atoms with E-state index in [4.69, 9.17) is 4.74 Å². The number of thioether (sulfide) groups is 1. The average molecular weight is 631 g/mol. The van der Waals surface area contributed by atoms with Crippen molar-refractivity contribution in [1.82, 2.24) is 10.2 Å². The number of sulfone groups is 1. The molecule has 10 heteroatoms. The monoisotopic (exact) mass is 630 g/mol. The first-order valence-corrected chi connectivity index (χ1v) is 18.6. The SMILES string of the molecule is CSCC[C@H](NC(=O)c1ccc(CN2C[C@H](S(C)(=O)=O)CC2COCC2CCCCC2)cc1-c1ccccc1C)C(=O)O. The van der Waals surface area contributed by atoms with Gasteiger partial charge in [0.15, 0.2) is 9.84 Å². The number of carbonyl (C=O) groups excluding carboxylic acids is 1. The summed E-state index contributed by atoms with van der Waals surface area (Å²) >= 11 is 1.54. The molecule has 1 aliphatic heterocycles. The van der Waals surface area contributed by atoms with Crippen molar-refractivity contribution in [3.8, 4) is 11.1 Å². The Morgan fingerprint density at radius 1 is 1.09 bits per heavy atom. The second-order valence-electron chi connectivity index (χ2n) is 12.2. The predicted octanol–water partition coefficient (Wildman–Crippen LogP) is 5.18. The van der Waals surface area contributed by atoms with Crippen LogP contribution in [-0.2, 0) is 25.9 Å². The minimum atomic E-state index is -3.21. The van der Waals surface area contributed by atoms with Gasteiger partial charge in [-0.15, -0.1) is 0 Å². The van der Waals surface area contributed by atoms with Crippen molar-refractivity contribution in [2.45, 2.75) is 75.7 Å². The summed E-state index contributed by atoms with van der Waals surface area (Å²) in [5.74, 6) is -0.268. The van der Waals surface area contributed by atoms with Gasteiger partial charge < -0.3 is 15.2 Å². The molecule has 2 N–H and O–H groups in total. The van der Waals surface area contributed by atoms with Crippen molar-refractivity contribution >= 4 is 33.5 Å². The first kappa shape index (κ1) is 33.5. The zero-order valence-electron chi connectivity index (χ0n) is 25.6. The van der Waals surface area contributed by atoms with Gasteiger partial charge in [-0.1, -0.05) is 49.6 Å². The van der Waals surface area contributed by atoms with Gasteiger partial charge in [0.2, 0.25) is 0 Å². The summed E-state index contributed by atoms with van der Waals surface area (Å²) in [7, 11) is -3.21. The van der Waals surface area contributed by atoms with Crippen LogP contribution >= 0.6 is 11.8 Å². The number of carboxylic acid groups (broad SMARTS) is 1. The maximum absolute atomic E-state index is 13.5. The summed E-state index contributed by atoms with van der Waals surface area (Å²) in [6, 6.07) is 12.5. The third-order valence-electron chi connectivity index (χ3n) is 8.85. The van der Waals surface area contributed by atoms with Crippen LogP contribution in [0.4, 0.5) is 0 Å². The summed E-state index contributed by atoms with van der Waals surface area (Å²) in [5.41, 5.74) is 3.99. The van der Waals surface area contributed by atoms with Crippen LogP contribution in [0.1, 0.15) is 66.4 Å². The summed E-state index contributed by atoms with van der Waals surface area (Å²) in [4.78, 5) is 27.5. The summed E-state index contributed by atoms with van der Waals surface area (Å²) in [5, 5.41) is 12.0. The first-order chi connectivity index (χ1) is 20.6. The standard InChI is InChI=1S/C33H46N2O6S2/c1-23-9-7-8-12-28(23)30-17-25(13-14-29(30)32(36)34-31(33(37)38)15-16-42-2)19-35-20-27(43(3,39)40)18-26(35)22-41-21-24-10-5-4-6-11-24/h7-9,12-14,17,24,26-27,31H,4-6,10-11,15-16,18-22H2,1-3H3,(H,34,36)(H,37,38)/t26?,27-,31+/m1/s1. The van der Waals surface area contributed by atoms with Crippen LogP contribution in [0, 0.1) is 12.8 Å². The van der Waals surface area contributed by atoms with Crippen LogP contribution < -0.4 is 5.32 Å². The highest BCUT2D eigenvalue weighted by molar-refractivity contribution is 7.98. The molecule has 236 valence electrons. The number of nitrogens with one attached hydrogen (secondary N) is 1. The second-order valence-corrected chi connectivity index (χ2v) is 15.5. The highest BCUT2D eigenvalue weighted by Crippen LogP contribution is 2.31. The van der Waals surface area contributed by atoms with Crippen molar-refractivity contribution in [2.75, 3.05) is 38.0 Å². The number of aryl methyl sites for hydroxylation is 1. The van der Waals surface area contributed by atoms with Crippen LogP contribution in [0.15, 0.2) is 42.5 Å². The van der Waals surface area contributed by atoms with E-state index in [2.05, 4.69) is 10.2 Å². The number of aliphatic carboxylic acids is 1. The van der Waals surface area contributed by atoms with Crippen LogP contribution in [0.2, 0.25) is 0 Å². The molecular weight excluding hydrogens is 585 g/mol. The molecule has 43 heavy (non-hydrogen) atoms. The summed E-state index contributed by atoms with van der Waals surface area (Å²) in [6.07, 6.45) is 10.3. The third kappa shape index (κ3) is 9.30. The van der Waals surface area contributed by atoms with Crippen LogP contribution in [-0.4, -0.2) is 85.7 Å². The van der Waals surface area contributed by atoms with Gasteiger partial charge in [-0.2, -0.15) is 11.8 Å². The average Bonchev–Trinajstić information content (AvgIpc) is 3.39. The lowest BCUT2D eigenvalue weighted by molar-refractivity contribution is -0.139. The Morgan fingerprint density at radius 2 is 1.84 bits per heavy atom. The fourth-order valence-corrected chi connectivity index (χ4v) is 7.79. The number of hydrogen-bond acceptors (Lipinski definition) is 7. The third-order valence-corrected chi connectivity index (χ3v) is 11.0. The fraction of sp³-hybridized carbons (Fsp3) is 0.576. The zero-order valence-corrected chi connectivity index (χ0v) is 27.2. The Morgan fingerprint density at radius 3 is 2.51 bits per heavy atom. The van der Waals surface area contributed by atoms with E-state index in [0.29, 0.717) is 49.8 Å². The van der Waals surface area contributed by atoms with Gasteiger partial charge >= 0.3 is 5.97 Å². The highest BCUT2D eigenvalue weighted by Gasteiger charge is 2.37. The number of carboxylic acids is 1. The Bertz CT molecular complexity index is 1360. The van der Waals surface area contributed by atoms with E-state index in [1.165, 1.54) is 50.1 Å². The zero-order chi connectivity index (χ0) is 31.0. The number of benzene rings is 2. The van der Waals surface area contributed by atoms with Crippen molar-refractivity contribution in [3.63, 3.8) is 0 Å². The van der Waals surface area contributed by atoms with E-state index in [-0.39, 0.29) is 6.04 Å². The molecule has 4 rings (SSSR count). The van der Waals surface area contributed by atoms with E-state index in [1.807, 2.05) is 49.6 Å². The normalized spacial score (nSPS) is 20.6. The number of ether oxygens (including phenoxy) is 1. The van der Waals surface area contributed by atoms with Gasteiger partial charge in [0.1, 0.15) is 6.04 Å². The lowest BCUT2D eigenvalue weighted by atomic mass is 9.90. The number of rotatable bonds is 14. The fourth-order valence-electron chi connectivity index (χ4n) is 6.29. The smallest absolute Gasteiger partial charge is 0.326 e. The molecule has 2 aromatic rings. The minimum absolute atomic E-state index is 0.0130. The quantitative estimate of drug-likeness (QED) is 0.294. The van der Waals surface area contributed by atoms with E-state index in [1.54, 1.807) is 6.07 Å². The predicted molar refractivity (Wildman–Crippen MR) is 173 cm³/mol. The maximum Gasteiger partial charge on any atom is 0.326 e. The molecule has 0 aromatic heterocycles. The van der Waals surface area contributed by atoms with Crippen LogP contribution in [0.5, 0.6) is 0 Å². The molecule has 2 aliphatic rings. The Hall–Kier alpha value is -2.40. The molecule has 1 saturated carbocycles. The molecule has 1 heterocycles. The molecule has 0 spiro atoms. The number of carbonyl (C=O) groups is 2. The topological polar surface area (TPSA) is 113 Å². The lowest BCUT2D eigenvalue weighted by Gasteiger charge is -2.27. The van der Waals surface area contributed by atoms with Crippen molar-refractivity contribution in [1.29, 1.82) is 0 Å². The van der Waals surface area contributed by atoms with Crippen molar-refractivity contribution < 1.29 is 27.9 Å². The molecule has 1 saturated heterocycles. The molecule has 0 radical (unpaired) electrons. The molecule has 1 amide bonds. The lowest BCUT2D eigenvalue weighted by Crippen LogP contribution is -2.41. The molecule has 0 bridgehead atoms. The Labute approximate surface area is 260 Å². The van der Waals surface area contributed by atoms with Gasteiger partial charge in [0.25, 0.3) is 5.91 Å². The molecule has 2 fully saturated rings. The van der Waals surface area contributed by atoms with E-state index < -0.39 is 33.0 Å². The Kier molecular flexibility index (Phi) is 12.1. The number of hydrogen-bond donors (Lipinski definition) is 2. The van der Waals surface area contributed by atoms with Crippen molar-refractivity contribution in [3.05, 3.63) is 59.2 Å². The van der Waals surface area contributed by atoms with Gasteiger partial charge in [-0.05, 0) is 84.9 Å². The number of nitrogens with zero attached hydrogens (tertiary/aromatic N) is 1. The largest absolute Gasteiger partial charge is 0.480 e. The molecule has 2 aromatic carbocycles. The van der Waals surface area contributed by atoms with E-state index in [9.17, 15) is 23.1 Å². The molecule has 1 unspecified atom stereocenters. The van der Waals surface area contributed by atoms with E-state index in [0.717, 1.165) is 28.9 Å². The first-order valence-electron chi connectivity index (χ1n) is 15.3. The van der Waals surface area contributed by atoms with Crippen LogP contribution in [0.25, 0.3) is 11.1 Å². The van der Waals surface area contributed by atoms with Crippen LogP contribution in [0.3, 0.4) is 0 Å². The number of amides is 1. The van der Waals surface area contributed by atoms with Crippen molar-refractivity contribution in [2.24, 2.45) is 5.92 Å². The van der Waals surface area contributed by atoms with Gasteiger partial charge in [-0.3, -0.25) is 9.69 Å². The van der Waals surface area contributed by atoms with Gasteiger partial charge in [-0.25, -0.2) is 13.2 Å². The highest BCUT2D eigenvalue weighted by atomic mass is 32.2. The van der Waals surface area contributed by atoms with Gasteiger partial charge in [0.05, 0.1) is 11.9 Å². The second kappa shape index (κ2) is 15.5.